The summed E-state index contributed by atoms with van der Waals surface area (Å²) in [6.45, 7) is 3.29. The molecule has 0 unspecified atom stereocenters. The topological polar surface area (TPSA) is 99.6 Å². The van der Waals surface area contributed by atoms with Crippen LogP contribution in [0, 0.1) is 5.41 Å². The quantitative estimate of drug-likeness (QED) is 0.131. The van der Waals surface area contributed by atoms with Crippen LogP contribution in [0.15, 0.2) is 42.2 Å². The van der Waals surface area contributed by atoms with Crippen molar-refractivity contribution in [3.8, 4) is 5.75 Å². The lowest BCUT2D eigenvalue weighted by Gasteiger charge is -2.34. The summed E-state index contributed by atoms with van der Waals surface area (Å²) >= 11 is 0. The first kappa shape index (κ1) is 30.1. The molecule has 35 heavy (non-hydrogen) atoms. The Morgan fingerprint density at radius 3 is 1.66 bits per heavy atom. The number of anilines is 1. The van der Waals surface area contributed by atoms with Crippen molar-refractivity contribution in [2.75, 3.05) is 5.73 Å². The van der Waals surface area contributed by atoms with Gasteiger partial charge in [-0.15, -0.1) is 0 Å². The molecular formula is C18H14F12N2O3. The summed E-state index contributed by atoms with van der Waals surface area (Å²) in [6, 6.07) is 0.808. The SMILES string of the molecule is C=C(/C=C(\C(C)=N)C(O)(C(F)(F)F)C(F)(F)F)Oc1ccc(N)c(C(O)(C(F)(F)F)C(F)(F)F)c1. The van der Waals surface area contributed by atoms with Gasteiger partial charge in [-0.1, -0.05) is 6.58 Å². The highest BCUT2D eigenvalue weighted by atomic mass is 19.4. The van der Waals surface area contributed by atoms with Crippen molar-refractivity contribution in [1.82, 2.24) is 0 Å². The Morgan fingerprint density at radius 1 is 0.886 bits per heavy atom. The van der Waals surface area contributed by atoms with Crippen molar-refractivity contribution in [2.45, 2.75) is 42.8 Å². The van der Waals surface area contributed by atoms with Crippen LogP contribution < -0.4 is 10.5 Å². The number of ether oxygens (including phenoxy) is 1. The molecule has 0 aliphatic rings. The number of alkyl halides is 12. The van der Waals surface area contributed by atoms with Crippen LogP contribution in [0.3, 0.4) is 0 Å². The van der Waals surface area contributed by atoms with Crippen molar-refractivity contribution in [3.63, 3.8) is 0 Å². The zero-order valence-corrected chi connectivity index (χ0v) is 16.9. The summed E-state index contributed by atoms with van der Waals surface area (Å²) in [4.78, 5) is 0. The van der Waals surface area contributed by atoms with E-state index in [9.17, 15) is 62.9 Å². The summed E-state index contributed by atoms with van der Waals surface area (Å²) in [6.07, 6.45) is -25.8. The molecule has 198 valence electrons. The van der Waals surface area contributed by atoms with Crippen molar-refractivity contribution in [2.24, 2.45) is 0 Å². The van der Waals surface area contributed by atoms with E-state index < -0.39 is 70.0 Å². The van der Waals surface area contributed by atoms with Gasteiger partial charge in [0, 0.05) is 22.5 Å². The number of aliphatic hydroxyl groups is 2. The summed E-state index contributed by atoms with van der Waals surface area (Å²) in [7, 11) is 0. The first-order chi connectivity index (χ1) is 15.3. The van der Waals surface area contributed by atoms with Crippen molar-refractivity contribution < 1.29 is 67.6 Å². The minimum atomic E-state index is -6.43. The van der Waals surface area contributed by atoms with E-state index in [1.54, 1.807) is 0 Å². The Balaban J connectivity index is 3.64. The molecule has 0 heterocycles. The van der Waals surface area contributed by atoms with Gasteiger partial charge in [-0.25, -0.2) is 0 Å². The van der Waals surface area contributed by atoms with Gasteiger partial charge in [-0.2, -0.15) is 52.7 Å². The van der Waals surface area contributed by atoms with Gasteiger partial charge < -0.3 is 26.1 Å². The number of hydrogen-bond donors (Lipinski definition) is 4. The highest BCUT2D eigenvalue weighted by molar-refractivity contribution is 5.98. The van der Waals surface area contributed by atoms with E-state index in [-0.39, 0.29) is 12.1 Å². The molecule has 0 aromatic heterocycles. The van der Waals surface area contributed by atoms with Crippen molar-refractivity contribution in [1.29, 1.82) is 5.41 Å². The van der Waals surface area contributed by atoms with Crippen molar-refractivity contribution in [3.05, 3.63) is 47.7 Å². The molecule has 1 aromatic rings. The lowest BCUT2D eigenvalue weighted by atomic mass is 9.88. The maximum Gasteiger partial charge on any atom is 0.430 e. The normalized spacial score (nSPS) is 14.7. The molecule has 0 fully saturated rings. The third-order valence-electron chi connectivity index (χ3n) is 4.40. The molecule has 17 heteroatoms. The fraction of sp³-hybridized carbons (Fsp3) is 0.389. The molecule has 5 N–H and O–H groups in total. The van der Waals surface area contributed by atoms with E-state index in [4.69, 9.17) is 11.1 Å². The maximum absolute atomic E-state index is 13.1. The van der Waals surface area contributed by atoms with Gasteiger partial charge in [0.1, 0.15) is 11.5 Å². The van der Waals surface area contributed by atoms with Crippen LogP contribution in [-0.2, 0) is 5.60 Å². The Bertz CT molecular complexity index is 992. The second kappa shape index (κ2) is 8.92. The zero-order chi connectivity index (χ0) is 28.0. The standard InChI is InChI=1S/C18H14F12N2O3/c1-7(5-10(8(2)31)13(33,15(19,20)21)16(22,23)24)35-9-3-4-12(32)11(6-9)14(34,17(25,26)27)18(28,29)30/h3-6,31,33-34H,1,32H2,2H3/b10-5+,31-8?. The van der Waals surface area contributed by atoms with E-state index >= 15 is 0 Å². The van der Waals surface area contributed by atoms with Crippen LogP contribution in [0.2, 0.25) is 0 Å². The molecule has 0 spiro atoms. The van der Waals surface area contributed by atoms with Gasteiger partial charge in [-0.05, 0) is 31.2 Å². The Labute approximate surface area is 187 Å². The zero-order valence-electron chi connectivity index (χ0n) is 16.9. The van der Waals surface area contributed by atoms with E-state index in [1.807, 2.05) is 0 Å². The molecular weight excluding hydrogens is 520 g/mol. The molecule has 0 saturated heterocycles. The van der Waals surface area contributed by atoms with Gasteiger partial charge in [0.05, 0.1) is 0 Å². The predicted molar refractivity (Wildman–Crippen MR) is 95.2 cm³/mol. The second-order valence-corrected chi connectivity index (χ2v) is 6.91. The van der Waals surface area contributed by atoms with Crippen LogP contribution >= 0.6 is 0 Å². The predicted octanol–water partition coefficient (Wildman–Crippen LogP) is 5.30. The number of allylic oxidation sites excluding steroid dienone is 1. The smallest absolute Gasteiger partial charge is 0.430 e. The largest absolute Gasteiger partial charge is 0.458 e. The van der Waals surface area contributed by atoms with Crippen LogP contribution in [-0.4, -0.2) is 46.2 Å². The summed E-state index contributed by atoms with van der Waals surface area (Å²) < 4.78 is 162. The monoisotopic (exact) mass is 534 g/mol. The highest BCUT2D eigenvalue weighted by Gasteiger charge is 2.73. The van der Waals surface area contributed by atoms with Gasteiger partial charge in [-0.3, -0.25) is 0 Å². The lowest BCUT2D eigenvalue weighted by Crippen LogP contribution is -2.59. The van der Waals surface area contributed by atoms with Crippen LogP contribution in [0.5, 0.6) is 5.75 Å². The van der Waals surface area contributed by atoms with Crippen LogP contribution in [0.4, 0.5) is 58.4 Å². The van der Waals surface area contributed by atoms with E-state index in [2.05, 4.69) is 11.3 Å². The molecule has 0 aliphatic carbocycles. The number of nitrogens with two attached hydrogens (primary N) is 1. The summed E-state index contributed by atoms with van der Waals surface area (Å²) in [5.74, 6) is -2.37. The van der Waals surface area contributed by atoms with Gasteiger partial charge in [0.2, 0.25) is 0 Å². The van der Waals surface area contributed by atoms with E-state index in [1.165, 1.54) is 0 Å². The first-order valence-electron chi connectivity index (χ1n) is 8.58. The number of halogens is 12. The Hall–Kier alpha value is -2.95. The molecule has 1 rings (SSSR count). The summed E-state index contributed by atoms with van der Waals surface area (Å²) in [5.41, 5.74) is -13.0. The number of rotatable bonds is 6. The average Bonchev–Trinajstić information content (AvgIpc) is 2.62. The number of nitrogen functional groups attached to an aromatic ring is 1. The molecule has 0 aliphatic heterocycles. The van der Waals surface area contributed by atoms with Gasteiger partial charge in [0.15, 0.2) is 0 Å². The first-order valence-corrected chi connectivity index (χ1v) is 8.58. The second-order valence-electron chi connectivity index (χ2n) is 6.91. The molecule has 1 aromatic carbocycles. The highest BCUT2D eigenvalue weighted by Crippen LogP contribution is 2.52. The fourth-order valence-electron chi connectivity index (χ4n) is 2.67. The maximum atomic E-state index is 13.1. The number of benzene rings is 1. The average molecular weight is 534 g/mol. The minimum absolute atomic E-state index is 0.119. The van der Waals surface area contributed by atoms with Gasteiger partial charge >= 0.3 is 24.7 Å². The molecule has 0 radical (unpaired) electrons. The van der Waals surface area contributed by atoms with Crippen molar-refractivity contribution >= 4 is 11.4 Å². The Kier molecular flexibility index (Phi) is 7.67. The fourth-order valence-corrected chi connectivity index (χ4v) is 2.67. The Morgan fingerprint density at radius 2 is 1.31 bits per heavy atom. The van der Waals surface area contributed by atoms with Crippen LogP contribution in [0.1, 0.15) is 12.5 Å². The lowest BCUT2D eigenvalue weighted by molar-refractivity contribution is -0.376. The molecule has 0 atom stereocenters. The minimum Gasteiger partial charge on any atom is -0.458 e. The number of nitrogens with one attached hydrogen (secondary N) is 1. The summed E-state index contributed by atoms with van der Waals surface area (Å²) in [5, 5.41) is 26.1. The molecule has 5 nitrogen and oxygen atoms in total. The molecule has 0 amide bonds. The third kappa shape index (κ3) is 5.34. The molecule has 0 saturated carbocycles. The molecule has 0 bridgehead atoms. The van der Waals surface area contributed by atoms with E-state index in [0.29, 0.717) is 19.1 Å². The third-order valence-corrected chi connectivity index (χ3v) is 4.40. The van der Waals surface area contributed by atoms with Gasteiger partial charge in [0.25, 0.3) is 11.2 Å². The van der Waals surface area contributed by atoms with Crippen LogP contribution in [0.25, 0.3) is 0 Å². The van der Waals surface area contributed by atoms with E-state index in [0.717, 1.165) is 0 Å². The number of hydrogen-bond acceptors (Lipinski definition) is 5.